The van der Waals surface area contributed by atoms with Gasteiger partial charge in [-0.2, -0.15) is 0 Å². The topological polar surface area (TPSA) is 75.4 Å². The van der Waals surface area contributed by atoms with E-state index in [-0.39, 0.29) is 36.8 Å². The summed E-state index contributed by atoms with van der Waals surface area (Å²) in [5.41, 5.74) is 6.33. The molecule has 0 bridgehead atoms. The molecule has 1 aliphatic rings. The van der Waals surface area contributed by atoms with Crippen molar-refractivity contribution in [3.05, 3.63) is 35.9 Å². The molecule has 0 aromatic heterocycles. The Labute approximate surface area is 124 Å². The second-order valence-electron chi connectivity index (χ2n) is 4.68. The molecule has 6 heteroatoms. The zero-order valence-electron chi connectivity index (χ0n) is 11.2. The van der Waals surface area contributed by atoms with Crippen LogP contribution in [0.2, 0.25) is 0 Å². The van der Waals surface area contributed by atoms with E-state index in [0.717, 1.165) is 18.5 Å². The van der Waals surface area contributed by atoms with Gasteiger partial charge in [0.15, 0.2) is 0 Å². The van der Waals surface area contributed by atoms with Gasteiger partial charge >= 0.3 is 0 Å². The molecule has 0 saturated carbocycles. The number of carbonyl (C=O) groups is 2. The largest absolute Gasteiger partial charge is 0.346 e. The highest BCUT2D eigenvalue weighted by Crippen LogP contribution is 2.18. The summed E-state index contributed by atoms with van der Waals surface area (Å²) >= 11 is 0. The third-order valence-corrected chi connectivity index (χ3v) is 3.30. The lowest BCUT2D eigenvalue weighted by Crippen LogP contribution is -2.40. The van der Waals surface area contributed by atoms with Gasteiger partial charge in [-0.1, -0.05) is 30.3 Å². The van der Waals surface area contributed by atoms with E-state index in [4.69, 9.17) is 5.73 Å². The van der Waals surface area contributed by atoms with E-state index in [1.54, 1.807) is 4.90 Å². The summed E-state index contributed by atoms with van der Waals surface area (Å²) in [5, 5.41) is 2.87. The Morgan fingerprint density at radius 2 is 2.05 bits per heavy atom. The smallest absolute Gasteiger partial charge is 0.234 e. The van der Waals surface area contributed by atoms with Gasteiger partial charge < -0.3 is 16.0 Å². The molecule has 1 aromatic carbocycles. The first kappa shape index (κ1) is 16.5. The van der Waals surface area contributed by atoms with E-state index in [9.17, 15) is 9.59 Å². The minimum absolute atomic E-state index is 0. The van der Waals surface area contributed by atoms with Crippen LogP contribution in [0.15, 0.2) is 30.3 Å². The molecule has 20 heavy (non-hydrogen) atoms. The van der Waals surface area contributed by atoms with Gasteiger partial charge in [-0.3, -0.25) is 9.59 Å². The molecular weight excluding hydrogens is 278 g/mol. The minimum atomic E-state index is -0.208. The molecule has 1 fully saturated rings. The van der Waals surface area contributed by atoms with E-state index in [1.165, 1.54) is 0 Å². The van der Waals surface area contributed by atoms with Gasteiger partial charge in [0.05, 0.1) is 12.6 Å². The maximum atomic E-state index is 11.7. The van der Waals surface area contributed by atoms with Crippen molar-refractivity contribution in [2.24, 2.45) is 5.73 Å². The molecule has 110 valence electrons. The molecule has 1 aromatic rings. The average molecular weight is 298 g/mol. The number of hydrogen-bond acceptors (Lipinski definition) is 3. The summed E-state index contributed by atoms with van der Waals surface area (Å²) in [6.07, 6.45) is 1.50. The molecule has 1 heterocycles. The molecule has 0 spiro atoms. The number of rotatable bonds is 5. The van der Waals surface area contributed by atoms with Crippen LogP contribution in [-0.2, 0) is 9.59 Å². The quantitative estimate of drug-likeness (QED) is 0.846. The van der Waals surface area contributed by atoms with Crippen LogP contribution in [0.5, 0.6) is 0 Å². The third-order valence-electron chi connectivity index (χ3n) is 3.30. The van der Waals surface area contributed by atoms with Crippen molar-refractivity contribution in [2.75, 3.05) is 19.6 Å². The molecule has 3 N–H and O–H groups in total. The van der Waals surface area contributed by atoms with E-state index < -0.39 is 0 Å². The maximum Gasteiger partial charge on any atom is 0.234 e. The standard InChI is InChI=1S/C14H19N3O2.ClH/c15-9-13(18)16-12(11-5-2-1-3-6-11)10-17-8-4-7-14(17)19;/h1-3,5-6,12H,4,7-10,15H2,(H,16,18);1H. The van der Waals surface area contributed by atoms with Gasteiger partial charge in [0, 0.05) is 19.5 Å². The van der Waals surface area contributed by atoms with Gasteiger partial charge in [-0.25, -0.2) is 0 Å². The summed E-state index contributed by atoms with van der Waals surface area (Å²) in [7, 11) is 0. The first-order chi connectivity index (χ1) is 9.20. The zero-order chi connectivity index (χ0) is 13.7. The van der Waals surface area contributed by atoms with Crippen LogP contribution >= 0.6 is 12.4 Å². The summed E-state index contributed by atoms with van der Waals surface area (Å²) in [5.74, 6) is -0.0524. The van der Waals surface area contributed by atoms with Crippen molar-refractivity contribution in [1.29, 1.82) is 0 Å². The van der Waals surface area contributed by atoms with Crippen molar-refractivity contribution in [3.8, 4) is 0 Å². The average Bonchev–Trinajstić information content (AvgIpc) is 2.84. The fourth-order valence-electron chi connectivity index (χ4n) is 2.29. The van der Waals surface area contributed by atoms with Crippen LogP contribution in [-0.4, -0.2) is 36.3 Å². The molecule has 1 unspecified atom stereocenters. The molecule has 1 atom stereocenters. The van der Waals surface area contributed by atoms with Gasteiger partial charge in [0.25, 0.3) is 0 Å². The van der Waals surface area contributed by atoms with Gasteiger partial charge in [0.1, 0.15) is 0 Å². The van der Waals surface area contributed by atoms with Crippen molar-refractivity contribution < 1.29 is 9.59 Å². The second kappa shape index (κ2) is 7.87. The molecular formula is C14H20ClN3O2. The predicted octanol–water partition coefficient (Wildman–Crippen LogP) is 0.847. The SMILES string of the molecule is Cl.NCC(=O)NC(CN1CCCC1=O)c1ccccc1. The van der Waals surface area contributed by atoms with E-state index in [1.807, 2.05) is 30.3 Å². The number of nitrogens with zero attached hydrogens (tertiary/aromatic N) is 1. The van der Waals surface area contributed by atoms with Crippen LogP contribution in [0.4, 0.5) is 0 Å². The lowest BCUT2D eigenvalue weighted by Gasteiger charge is -2.25. The fourth-order valence-corrected chi connectivity index (χ4v) is 2.29. The zero-order valence-corrected chi connectivity index (χ0v) is 12.1. The highest BCUT2D eigenvalue weighted by atomic mass is 35.5. The number of carbonyl (C=O) groups excluding carboxylic acids is 2. The Kier molecular flexibility index (Phi) is 6.48. The normalized spacial score (nSPS) is 15.7. The van der Waals surface area contributed by atoms with Crippen molar-refractivity contribution in [1.82, 2.24) is 10.2 Å². The molecule has 5 nitrogen and oxygen atoms in total. The van der Waals surface area contributed by atoms with E-state index >= 15 is 0 Å². The Hall–Kier alpha value is -1.59. The Morgan fingerprint density at radius 1 is 1.35 bits per heavy atom. The summed E-state index contributed by atoms with van der Waals surface area (Å²) in [6.45, 7) is 1.23. The Balaban J connectivity index is 0.00000200. The first-order valence-electron chi connectivity index (χ1n) is 6.53. The lowest BCUT2D eigenvalue weighted by atomic mass is 10.1. The first-order valence-corrected chi connectivity index (χ1v) is 6.53. The summed E-state index contributed by atoms with van der Waals surface area (Å²) in [4.78, 5) is 25.0. The molecule has 1 saturated heterocycles. The Morgan fingerprint density at radius 3 is 2.60 bits per heavy atom. The van der Waals surface area contributed by atoms with Crippen LogP contribution < -0.4 is 11.1 Å². The number of benzene rings is 1. The monoisotopic (exact) mass is 297 g/mol. The molecule has 0 aliphatic carbocycles. The van der Waals surface area contributed by atoms with Crippen LogP contribution in [0.25, 0.3) is 0 Å². The summed E-state index contributed by atoms with van der Waals surface area (Å²) in [6, 6.07) is 9.46. The van der Waals surface area contributed by atoms with Crippen LogP contribution in [0, 0.1) is 0 Å². The predicted molar refractivity (Wildman–Crippen MR) is 79.4 cm³/mol. The number of hydrogen-bond donors (Lipinski definition) is 2. The fraction of sp³-hybridized carbons (Fsp3) is 0.429. The van der Waals surface area contributed by atoms with Crippen molar-refractivity contribution in [2.45, 2.75) is 18.9 Å². The molecule has 0 radical (unpaired) electrons. The molecule has 1 aliphatic heterocycles. The highest BCUT2D eigenvalue weighted by molar-refractivity contribution is 5.85. The Bertz CT molecular complexity index is 453. The molecule has 2 rings (SSSR count). The lowest BCUT2D eigenvalue weighted by molar-refractivity contribution is -0.129. The number of nitrogens with two attached hydrogens (primary N) is 1. The van der Waals surface area contributed by atoms with Crippen molar-refractivity contribution in [3.63, 3.8) is 0 Å². The number of halogens is 1. The molecule has 2 amide bonds. The maximum absolute atomic E-state index is 11.7. The van der Waals surface area contributed by atoms with Gasteiger partial charge in [0.2, 0.25) is 11.8 Å². The number of nitrogens with one attached hydrogen (secondary N) is 1. The second-order valence-corrected chi connectivity index (χ2v) is 4.68. The summed E-state index contributed by atoms with van der Waals surface area (Å²) < 4.78 is 0. The highest BCUT2D eigenvalue weighted by Gasteiger charge is 2.24. The van der Waals surface area contributed by atoms with Crippen molar-refractivity contribution >= 4 is 24.2 Å². The van der Waals surface area contributed by atoms with E-state index in [0.29, 0.717) is 13.0 Å². The van der Waals surface area contributed by atoms with Crippen LogP contribution in [0.1, 0.15) is 24.4 Å². The number of amides is 2. The van der Waals surface area contributed by atoms with Gasteiger partial charge in [-0.15, -0.1) is 12.4 Å². The minimum Gasteiger partial charge on any atom is -0.346 e. The van der Waals surface area contributed by atoms with Crippen LogP contribution in [0.3, 0.4) is 0 Å². The van der Waals surface area contributed by atoms with E-state index in [2.05, 4.69) is 5.32 Å². The third kappa shape index (κ3) is 4.21. The number of likely N-dealkylation sites (tertiary alicyclic amines) is 1. The van der Waals surface area contributed by atoms with Gasteiger partial charge in [-0.05, 0) is 12.0 Å².